The molecule has 0 aliphatic carbocycles. The van der Waals surface area contributed by atoms with Crippen molar-refractivity contribution in [1.82, 2.24) is 15.5 Å². The van der Waals surface area contributed by atoms with Gasteiger partial charge >= 0.3 is 5.97 Å². The summed E-state index contributed by atoms with van der Waals surface area (Å²) in [5, 5.41) is 15.2. The summed E-state index contributed by atoms with van der Waals surface area (Å²) in [5.41, 5.74) is 6.35. The van der Waals surface area contributed by atoms with E-state index in [0.29, 0.717) is 64.8 Å². The average Bonchev–Trinajstić information content (AvgIpc) is 2.94. The fourth-order valence-electron chi connectivity index (χ4n) is 5.82. The van der Waals surface area contributed by atoms with Gasteiger partial charge in [-0.2, -0.15) is 0 Å². The maximum atomic E-state index is 13.7. The second kappa shape index (κ2) is 13.2. The lowest BCUT2D eigenvalue weighted by Crippen LogP contribution is -2.59. The monoisotopic (exact) mass is 540 g/mol. The molecule has 0 aromatic heterocycles. The van der Waals surface area contributed by atoms with Gasteiger partial charge in [0.2, 0.25) is 17.7 Å². The van der Waals surface area contributed by atoms with E-state index in [4.69, 9.17) is 15.6 Å². The number of ether oxygens (including phenoxy) is 1. The highest BCUT2D eigenvalue weighted by Crippen LogP contribution is 2.36. The Morgan fingerprint density at radius 1 is 1.13 bits per heavy atom. The van der Waals surface area contributed by atoms with E-state index in [9.17, 15) is 19.2 Å². The highest BCUT2D eigenvalue weighted by molar-refractivity contribution is 5.90. The first-order valence-electron chi connectivity index (χ1n) is 13.9. The normalized spacial score (nSPS) is 27.2. The summed E-state index contributed by atoms with van der Waals surface area (Å²) in [5.74, 6) is -1.62. The minimum atomic E-state index is -0.983. The molecule has 10 nitrogen and oxygen atoms in total. The van der Waals surface area contributed by atoms with E-state index in [2.05, 4.69) is 22.8 Å². The van der Waals surface area contributed by atoms with E-state index in [0.717, 1.165) is 5.56 Å². The summed E-state index contributed by atoms with van der Waals surface area (Å²) in [7, 11) is 0. The van der Waals surface area contributed by atoms with E-state index in [1.165, 1.54) is 0 Å². The smallest absolute Gasteiger partial charge is 0.303 e. The first kappa shape index (κ1) is 28.8. The lowest BCUT2D eigenvalue weighted by Gasteiger charge is -2.41. The molecule has 212 valence electrons. The van der Waals surface area contributed by atoms with Gasteiger partial charge in [-0.25, -0.2) is 0 Å². The lowest BCUT2D eigenvalue weighted by molar-refractivity contribution is -0.140. The highest BCUT2D eigenvalue weighted by Gasteiger charge is 2.42. The number of fused-ring (bicyclic) bond motifs is 1. The van der Waals surface area contributed by atoms with Crippen LogP contribution in [0.2, 0.25) is 0 Å². The van der Waals surface area contributed by atoms with Crippen molar-refractivity contribution in [3.05, 3.63) is 48.0 Å². The third-order valence-electron chi connectivity index (χ3n) is 8.31. The van der Waals surface area contributed by atoms with Gasteiger partial charge in [-0.3, -0.25) is 19.2 Å². The number of piperidine rings is 1. The van der Waals surface area contributed by atoms with Crippen LogP contribution >= 0.6 is 0 Å². The molecule has 2 fully saturated rings. The number of carbonyl (C=O) groups is 4. The Hall–Kier alpha value is -3.24. The van der Waals surface area contributed by atoms with Gasteiger partial charge in [0, 0.05) is 51.1 Å². The molecule has 5 N–H and O–H groups in total. The molecule has 39 heavy (non-hydrogen) atoms. The molecule has 3 heterocycles. The van der Waals surface area contributed by atoms with Gasteiger partial charge in [-0.05, 0) is 44.1 Å². The van der Waals surface area contributed by atoms with Crippen LogP contribution in [0.15, 0.2) is 42.5 Å². The molecule has 0 unspecified atom stereocenters. The fourth-order valence-corrected chi connectivity index (χ4v) is 5.82. The van der Waals surface area contributed by atoms with Gasteiger partial charge < -0.3 is 31.1 Å². The maximum Gasteiger partial charge on any atom is 0.303 e. The number of carbonyl (C=O) groups excluding carboxylic acids is 3. The topological polar surface area (TPSA) is 151 Å². The number of likely N-dealkylation sites (tertiary alicyclic amines) is 1. The Bertz CT molecular complexity index is 1060. The van der Waals surface area contributed by atoms with Crippen molar-refractivity contribution in [2.45, 2.75) is 69.5 Å². The van der Waals surface area contributed by atoms with Gasteiger partial charge in [-0.1, -0.05) is 42.5 Å². The van der Waals surface area contributed by atoms with E-state index < -0.39 is 23.5 Å². The molecule has 1 spiro atoms. The van der Waals surface area contributed by atoms with Gasteiger partial charge in [0.05, 0.1) is 11.5 Å². The average molecular weight is 541 g/mol. The van der Waals surface area contributed by atoms with Crippen molar-refractivity contribution in [3.8, 4) is 0 Å². The summed E-state index contributed by atoms with van der Waals surface area (Å²) in [4.78, 5) is 52.9. The number of hydrogen-bond donors (Lipinski definition) is 4. The largest absolute Gasteiger partial charge is 0.481 e. The molecule has 4 rings (SSSR count). The maximum absolute atomic E-state index is 13.7. The molecule has 3 aliphatic heterocycles. The summed E-state index contributed by atoms with van der Waals surface area (Å²) < 4.78 is 5.55. The Morgan fingerprint density at radius 3 is 2.59 bits per heavy atom. The molecule has 3 amide bonds. The van der Waals surface area contributed by atoms with Crippen LogP contribution in [0.4, 0.5) is 0 Å². The van der Waals surface area contributed by atoms with E-state index in [-0.39, 0.29) is 42.5 Å². The minimum absolute atomic E-state index is 0.0345. The predicted octanol–water partition coefficient (Wildman–Crippen LogP) is 1.39. The van der Waals surface area contributed by atoms with Crippen molar-refractivity contribution < 1.29 is 29.0 Å². The molecule has 10 heteroatoms. The molecule has 3 aliphatic rings. The van der Waals surface area contributed by atoms with E-state index in [1.54, 1.807) is 4.90 Å². The zero-order chi connectivity index (χ0) is 27.8. The molecule has 0 radical (unpaired) electrons. The van der Waals surface area contributed by atoms with Gasteiger partial charge in [0.1, 0.15) is 6.04 Å². The highest BCUT2D eigenvalue weighted by atomic mass is 16.5. The van der Waals surface area contributed by atoms with Crippen molar-refractivity contribution in [2.24, 2.45) is 17.1 Å². The standard InChI is InChI=1S/C29H40N4O6/c30-22(9-10-25(34)35)27(37)33-15-11-23-21(19-33)8-4-5-12-29(13-16-39-17-14-29)28(38)32-24(26(36)31-23)18-20-6-2-1-3-7-20/h1-7,21-24H,8-19,30H2,(H,31,36)(H,32,38)(H,34,35)/b5-4+/t21-,22-,23+,24+/m0/s1. The molecule has 1 aromatic carbocycles. The number of amides is 3. The lowest BCUT2D eigenvalue weighted by atomic mass is 9.75. The number of allylic oxidation sites excluding steroid dienone is 2. The summed E-state index contributed by atoms with van der Waals surface area (Å²) in [6.07, 6.45) is 7.33. The second-order valence-corrected chi connectivity index (χ2v) is 11.0. The molecule has 0 saturated carbocycles. The Morgan fingerprint density at radius 2 is 1.87 bits per heavy atom. The van der Waals surface area contributed by atoms with Crippen molar-refractivity contribution in [1.29, 1.82) is 0 Å². The van der Waals surface area contributed by atoms with Crippen molar-refractivity contribution in [3.63, 3.8) is 0 Å². The third kappa shape index (κ3) is 7.45. The van der Waals surface area contributed by atoms with Gasteiger partial charge in [0.25, 0.3) is 0 Å². The van der Waals surface area contributed by atoms with Crippen LogP contribution in [0, 0.1) is 11.3 Å². The SMILES string of the molecule is N[C@@H](CCC(=O)O)C(=O)N1CC[C@H]2NC(=O)[C@@H](Cc3ccccc3)NC(=O)C3(C/C=C/C[C@H]2C1)CCOCC3. The van der Waals surface area contributed by atoms with Crippen LogP contribution in [0.1, 0.15) is 50.5 Å². The Balaban J connectivity index is 1.54. The van der Waals surface area contributed by atoms with Crippen LogP contribution in [-0.4, -0.2) is 78.1 Å². The molecule has 1 aromatic rings. The number of carboxylic acids is 1. The number of benzene rings is 1. The quantitative estimate of drug-likeness (QED) is 0.398. The van der Waals surface area contributed by atoms with Crippen molar-refractivity contribution in [2.75, 3.05) is 26.3 Å². The number of nitrogens with one attached hydrogen (secondary N) is 2. The van der Waals surface area contributed by atoms with Crippen molar-refractivity contribution >= 4 is 23.7 Å². The number of nitrogens with two attached hydrogens (primary N) is 1. The van der Waals surface area contributed by atoms with Gasteiger partial charge in [0.15, 0.2) is 0 Å². The van der Waals surface area contributed by atoms with Crippen LogP contribution in [0.25, 0.3) is 0 Å². The Labute approximate surface area is 229 Å². The number of carboxylic acid groups (broad SMARTS) is 1. The molecule has 0 bridgehead atoms. The number of aliphatic carboxylic acids is 1. The van der Waals surface area contributed by atoms with Crippen LogP contribution in [0.3, 0.4) is 0 Å². The first-order chi connectivity index (χ1) is 18.8. The Kier molecular flexibility index (Phi) is 9.74. The summed E-state index contributed by atoms with van der Waals surface area (Å²) in [6, 6.07) is 7.87. The number of hydrogen-bond acceptors (Lipinski definition) is 6. The first-order valence-corrected chi connectivity index (χ1v) is 13.9. The molecular weight excluding hydrogens is 500 g/mol. The fraction of sp³-hybridized carbons (Fsp3) is 0.586. The van der Waals surface area contributed by atoms with Gasteiger partial charge in [-0.15, -0.1) is 0 Å². The van der Waals surface area contributed by atoms with Crippen LogP contribution < -0.4 is 16.4 Å². The zero-order valence-corrected chi connectivity index (χ0v) is 22.3. The molecular formula is C29H40N4O6. The van der Waals surface area contributed by atoms with Crippen LogP contribution in [0.5, 0.6) is 0 Å². The second-order valence-electron chi connectivity index (χ2n) is 11.0. The zero-order valence-electron chi connectivity index (χ0n) is 22.3. The molecule has 2 saturated heterocycles. The summed E-state index contributed by atoms with van der Waals surface area (Å²) >= 11 is 0. The minimum Gasteiger partial charge on any atom is -0.481 e. The van der Waals surface area contributed by atoms with E-state index >= 15 is 0 Å². The summed E-state index contributed by atoms with van der Waals surface area (Å²) in [6.45, 7) is 1.84. The van der Waals surface area contributed by atoms with E-state index in [1.807, 2.05) is 30.3 Å². The van der Waals surface area contributed by atoms with Crippen LogP contribution in [-0.2, 0) is 30.3 Å². The third-order valence-corrected chi connectivity index (χ3v) is 8.31. The number of nitrogens with zero attached hydrogens (tertiary/aromatic N) is 1. The predicted molar refractivity (Wildman–Crippen MR) is 144 cm³/mol. The molecule has 4 atom stereocenters. The number of rotatable bonds is 6.